The van der Waals surface area contributed by atoms with Crippen LogP contribution in [-0.2, 0) is 9.59 Å². The summed E-state index contributed by atoms with van der Waals surface area (Å²) in [6, 6.07) is 16.9. The van der Waals surface area contributed by atoms with Gasteiger partial charge in [0.15, 0.2) is 6.71 Å². The third-order valence-corrected chi connectivity index (χ3v) is 10.2. The zero-order valence-corrected chi connectivity index (χ0v) is 25.0. The van der Waals surface area contributed by atoms with E-state index in [1.165, 1.54) is 0 Å². The van der Waals surface area contributed by atoms with Gasteiger partial charge in [-0.3, -0.25) is 24.5 Å². The summed E-state index contributed by atoms with van der Waals surface area (Å²) in [5.41, 5.74) is 2.47. The standard InChI is InChI=1S/C34H40BN5O3/c1-24(35-13-17-39(23-35)32(42)27-6-7-27)22-40-31(37-34(33(40)43)11-15-38(16-12-34)18-19-41)26-4-2-25(3-5-26)28-8-9-30-21-36-14-10-29(30)20-28/h2-5,8-10,14,20-21,24,27,41H,6-7,11-13,15-19,22-23H2,1H3. The van der Waals surface area contributed by atoms with Crippen LogP contribution < -0.4 is 0 Å². The second-order valence-corrected chi connectivity index (χ2v) is 13.0. The molecule has 222 valence electrons. The van der Waals surface area contributed by atoms with Gasteiger partial charge in [0.25, 0.3) is 5.91 Å². The van der Waals surface area contributed by atoms with Crippen molar-refractivity contribution in [1.29, 1.82) is 0 Å². The zero-order chi connectivity index (χ0) is 29.6. The normalized spacial score (nSPS) is 21.2. The van der Waals surface area contributed by atoms with E-state index in [4.69, 9.17) is 4.99 Å². The summed E-state index contributed by atoms with van der Waals surface area (Å²) >= 11 is 0. The summed E-state index contributed by atoms with van der Waals surface area (Å²) in [5.74, 6) is 1.70. The van der Waals surface area contributed by atoms with Crippen molar-refractivity contribution in [3.63, 3.8) is 0 Å². The number of hydrogen-bond acceptors (Lipinski definition) is 6. The number of pyridine rings is 1. The average molecular weight is 578 g/mol. The SMILES string of the molecule is CC(CN1C(=O)C2(CCN(CCO)CC2)N=C1c1ccc(-c2ccc3cnccc3c2)cc1)B1CCN(C(=O)C2CC2)C1. The van der Waals surface area contributed by atoms with Crippen LogP contribution in [0.2, 0.25) is 12.1 Å². The first-order chi connectivity index (χ1) is 20.9. The number of aromatic nitrogens is 1. The molecule has 2 saturated heterocycles. The minimum atomic E-state index is -0.740. The molecule has 8 nitrogen and oxygen atoms in total. The van der Waals surface area contributed by atoms with Gasteiger partial charge >= 0.3 is 0 Å². The monoisotopic (exact) mass is 577 g/mol. The highest BCUT2D eigenvalue weighted by Crippen LogP contribution is 2.38. The van der Waals surface area contributed by atoms with Crippen molar-refractivity contribution in [3.05, 3.63) is 66.5 Å². The molecule has 0 radical (unpaired) electrons. The van der Waals surface area contributed by atoms with Gasteiger partial charge in [0.1, 0.15) is 11.4 Å². The van der Waals surface area contributed by atoms with Crippen molar-refractivity contribution in [1.82, 2.24) is 19.7 Å². The first-order valence-corrected chi connectivity index (χ1v) is 15.9. The van der Waals surface area contributed by atoms with Gasteiger partial charge in [0.2, 0.25) is 5.91 Å². The molecular weight excluding hydrogens is 537 g/mol. The van der Waals surface area contributed by atoms with Crippen LogP contribution in [0.1, 0.15) is 38.2 Å². The molecule has 3 fully saturated rings. The molecular formula is C34H40BN5O3. The molecule has 9 heteroatoms. The number of nitrogens with zero attached hydrogens (tertiary/aromatic N) is 5. The predicted octanol–water partition coefficient (Wildman–Crippen LogP) is 3.99. The van der Waals surface area contributed by atoms with Crippen molar-refractivity contribution >= 4 is 35.1 Å². The van der Waals surface area contributed by atoms with Gasteiger partial charge in [-0.15, -0.1) is 0 Å². The molecule has 1 saturated carbocycles. The Bertz CT molecular complexity index is 1550. The topological polar surface area (TPSA) is 89.3 Å². The van der Waals surface area contributed by atoms with Gasteiger partial charge in [-0.1, -0.05) is 49.6 Å². The van der Waals surface area contributed by atoms with E-state index in [0.717, 1.165) is 78.5 Å². The number of carbonyl (C=O) groups excluding carboxylic acids is 2. The van der Waals surface area contributed by atoms with Crippen LogP contribution >= 0.6 is 0 Å². The number of fused-ring (bicyclic) bond motifs is 1. The van der Waals surface area contributed by atoms with Crippen molar-refractivity contribution in [2.45, 2.75) is 50.3 Å². The lowest BCUT2D eigenvalue weighted by molar-refractivity contribution is -0.133. The summed E-state index contributed by atoms with van der Waals surface area (Å²) in [4.78, 5) is 42.6. The lowest BCUT2D eigenvalue weighted by Crippen LogP contribution is -2.51. The number of rotatable bonds is 8. The molecule has 4 aliphatic rings. The third-order valence-electron chi connectivity index (χ3n) is 10.2. The second kappa shape index (κ2) is 11.5. The molecule has 2 aromatic carbocycles. The summed E-state index contributed by atoms with van der Waals surface area (Å²) in [7, 11) is 0. The Kier molecular flexibility index (Phi) is 7.55. The number of aliphatic hydroxyl groups excluding tert-OH is 1. The minimum absolute atomic E-state index is 0.106. The average Bonchev–Trinajstić information content (AvgIpc) is 3.72. The van der Waals surface area contributed by atoms with Gasteiger partial charge in [0.05, 0.1) is 6.61 Å². The van der Waals surface area contributed by atoms with Gasteiger partial charge < -0.3 is 14.9 Å². The van der Waals surface area contributed by atoms with Crippen molar-refractivity contribution < 1.29 is 14.7 Å². The molecule has 1 N–H and O–H groups in total. The van der Waals surface area contributed by atoms with Crippen LogP contribution in [0, 0.1) is 5.92 Å². The fraction of sp³-hybridized carbons (Fsp3) is 0.471. The highest BCUT2D eigenvalue weighted by molar-refractivity contribution is 6.62. The van der Waals surface area contributed by atoms with E-state index >= 15 is 0 Å². The maximum Gasteiger partial charge on any atom is 0.256 e. The number of β-amino-alcohol motifs (C(OH)–C–C–N with tert-alkyl or cyclic N) is 1. The second-order valence-electron chi connectivity index (χ2n) is 13.0. The largest absolute Gasteiger partial charge is 0.395 e. The van der Waals surface area contributed by atoms with Crippen LogP contribution in [0.5, 0.6) is 0 Å². The molecule has 1 spiro atoms. The van der Waals surface area contributed by atoms with Gasteiger partial charge in [-0.2, -0.15) is 0 Å². The minimum Gasteiger partial charge on any atom is -0.395 e. The number of likely N-dealkylation sites (tertiary alicyclic amines) is 1. The number of hydrogen-bond donors (Lipinski definition) is 1. The fourth-order valence-corrected chi connectivity index (χ4v) is 7.21. The van der Waals surface area contributed by atoms with E-state index in [9.17, 15) is 14.7 Å². The van der Waals surface area contributed by atoms with Crippen LogP contribution in [-0.4, -0.2) is 100 Å². The fourth-order valence-electron chi connectivity index (χ4n) is 7.21. The summed E-state index contributed by atoms with van der Waals surface area (Å²) in [6.07, 6.45) is 8.88. The van der Waals surface area contributed by atoms with Gasteiger partial charge in [-0.05, 0) is 66.6 Å². The van der Waals surface area contributed by atoms with Crippen LogP contribution in [0.3, 0.4) is 0 Å². The molecule has 1 atom stereocenters. The van der Waals surface area contributed by atoms with E-state index in [2.05, 4.69) is 64.2 Å². The Morgan fingerprint density at radius 3 is 2.51 bits per heavy atom. The highest BCUT2D eigenvalue weighted by Gasteiger charge is 2.50. The smallest absolute Gasteiger partial charge is 0.256 e. The lowest BCUT2D eigenvalue weighted by atomic mass is 9.41. The quantitative estimate of drug-likeness (QED) is 0.409. The molecule has 3 aliphatic heterocycles. The van der Waals surface area contributed by atoms with Gasteiger partial charge in [0, 0.05) is 62.0 Å². The zero-order valence-electron chi connectivity index (χ0n) is 25.0. The van der Waals surface area contributed by atoms with Crippen molar-refractivity contribution in [2.24, 2.45) is 10.9 Å². The summed E-state index contributed by atoms with van der Waals surface area (Å²) in [5, 5.41) is 11.7. The Morgan fingerprint density at radius 1 is 1.02 bits per heavy atom. The van der Waals surface area contributed by atoms with E-state index in [1.807, 2.05) is 23.4 Å². The Morgan fingerprint density at radius 2 is 1.77 bits per heavy atom. The highest BCUT2D eigenvalue weighted by atomic mass is 16.3. The number of amidine groups is 1. The molecule has 1 aromatic heterocycles. The van der Waals surface area contributed by atoms with Crippen LogP contribution in [0.15, 0.2) is 65.9 Å². The van der Waals surface area contributed by atoms with E-state index in [1.54, 1.807) is 0 Å². The maximum absolute atomic E-state index is 14.2. The van der Waals surface area contributed by atoms with Crippen molar-refractivity contribution in [2.75, 3.05) is 45.8 Å². The first kappa shape index (κ1) is 28.2. The maximum atomic E-state index is 14.2. The van der Waals surface area contributed by atoms with E-state index in [-0.39, 0.29) is 24.2 Å². The number of benzene rings is 2. The molecule has 4 heterocycles. The lowest BCUT2D eigenvalue weighted by Gasteiger charge is -2.36. The molecule has 0 bridgehead atoms. The number of aliphatic hydroxyl groups is 1. The third kappa shape index (κ3) is 5.49. The van der Waals surface area contributed by atoms with E-state index < -0.39 is 5.54 Å². The number of aliphatic imine (C=N–C) groups is 1. The van der Waals surface area contributed by atoms with E-state index in [0.29, 0.717) is 38.6 Å². The van der Waals surface area contributed by atoms with Gasteiger partial charge in [-0.25, -0.2) is 0 Å². The Balaban J connectivity index is 1.14. The molecule has 43 heavy (non-hydrogen) atoms. The molecule has 3 aromatic rings. The summed E-state index contributed by atoms with van der Waals surface area (Å²) in [6.45, 7) is 6.31. The Hall–Kier alpha value is -3.56. The predicted molar refractivity (Wildman–Crippen MR) is 170 cm³/mol. The molecule has 1 aliphatic carbocycles. The molecule has 7 rings (SSSR count). The number of amides is 2. The van der Waals surface area contributed by atoms with Crippen LogP contribution in [0.4, 0.5) is 0 Å². The van der Waals surface area contributed by atoms with Crippen molar-refractivity contribution in [3.8, 4) is 11.1 Å². The number of carbonyl (C=O) groups is 2. The van der Waals surface area contributed by atoms with Crippen LogP contribution in [0.25, 0.3) is 21.9 Å². The Labute approximate surface area is 253 Å². The summed E-state index contributed by atoms with van der Waals surface area (Å²) < 4.78 is 0. The number of piperidine rings is 1. The molecule has 1 unspecified atom stereocenters. The first-order valence-electron chi connectivity index (χ1n) is 15.9. The molecule has 2 amide bonds.